The Morgan fingerprint density at radius 3 is 2.71 bits per heavy atom. The lowest BCUT2D eigenvalue weighted by Crippen LogP contribution is -2.45. The summed E-state index contributed by atoms with van der Waals surface area (Å²) >= 11 is 9.43. The number of carbonyl (C=O) groups is 1. The number of carbonyl (C=O) groups excluding carboxylic acids is 1. The van der Waals surface area contributed by atoms with Crippen LogP contribution in [0.5, 0.6) is 0 Å². The molecule has 17 heavy (non-hydrogen) atoms. The summed E-state index contributed by atoms with van der Waals surface area (Å²) in [4.78, 5) is 12.1. The molecule has 0 atom stereocenters. The smallest absolute Gasteiger partial charge is 0.253 e. The maximum absolute atomic E-state index is 12.1. The Morgan fingerprint density at radius 2 is 2.12 bits per heavy atom. The normalized spacial score (nSPS) is 15.8. The average Bonchev–Trinajstić information content (AvgIpc) is 3.04. The van der Waals surface area contributed by atoms with E-state index in [4.69, 9.17) is 11.6 Å². The number of halogens is 2. The summed E-state index contributed by atoms with van der Waals surface area (Å²) in [7, 11) is 0. The van der Waals surface area contributed by atoms with Crippen molar-refractivity contribution in [2.24, 2.45) is 5.92 Å². The van der Waals surface area contributed by atoms with E-state index in [9.17, 15) is 4.79 Å². The lowest BCUT2D eigenvalue weighted by Gasteiger charge is -2.26. The average molecular weight is 317 g/mol. The van der Waals surface area contributed by atoms with Crippen molar-refractivity contribution in [2.45, 2.75) is 32.2 Å². The van der Waals surface area contributed by atoms with Crippen molar-refractivity contribution in [3.8, 4) is 0 Å². The van der Waals surface area contributed by atoms with Crippen LogP contribution in [0.2, 0.25) is 5.02 Å². The largest absolute Gasteiger partial charge is 0.347 e. The molecule has 2 rings (SSSR count). The zero-order valence-electron chi connectivity index (χ0n) is 9.89. The zero-order valence-corrected chi connectivity index (χ0v) is 12.2. The molecule has 1 saturated carbocycles. The summed E-state index contributed by atoms with van der Waals surface area (Å²) in [6, 6.07) is 5.38. The van der Waals surface area contributed by atoms with E-state index >= 15 is 0 Å². The lowest BCUT2D eigenvalue weighted by molar-refractivity contribution is 0.0903. The van der Waals surface area contributed by atoms with Crippen LogP contribution in [0.1, 0.15) is 37.0 Å². The number of hydrogen-bond acceptors (Lipinski definition) is 1. The Hall–Kier alpha value is -0.540. The summed E-state index contributed by atoms with van der Waals surface area (Å²) < 4.78 is 0.746. The minimum Gasteiger partial charge on any atom is -0.347 e. The summed E-state index contributed by atoms with van der Waals surface area (Å²) in [6.07, 6.45) is 2.39. The molecule has 4 heteroatoms. The van der Waals surface area contributed by atoms with Crippen LogP contribution in [0.3, 0.4) is 0 Å². The molecule has 1 aromatic rings. The van der Waals surface area contributed by atoms with Gasteiger partial charge in [0.1, 0.15) is 0 Å². The monoisotopic (exact) mass is 315 g/mol. The molecule has 0 radical (unpaired) electrons. The Kier molecular flexibility index (Phi) is 3.50. The number of benzene rings is 1. The molecule has 1 amide bonds. The van der Waals surface area contributed by atoms with Gasteiger partial charge in [-0.2, -0.15) is 0 Å². The molecule has 0 unspecified atom stereocenters. The molecule has 1 aliphatic carbocycles. The van der Waals surface area contributed by atoms with E-state index in [1.54, 1.807) is 6.07 Å². The number of nitrogens with one attached hydrogen (secondary N) is 1. The van der Waals surface area contributed by atoms with Gasteiger partial charge in [-0.1, -0.05) is 17.7 Å². The van der Waals surface area contributed by atoms with Gasteiger partial charge in [0.15, 0.2) is 0 Å². The zero-order chi connectivity index (χ0) is 12.6. The highest BCUT2D eigenvalue weighted by Crippen LogP contribution is 2.39. The predicted octanol–water partition coefficient (Wildman–Crippen LogP) is 4.02. The van der Waals surface area contributed by atoms with Gasteiger partial charge in [-0.3, -0.25) is 4.79 Å². The van der Waals surface area contributed by atoms with E-state index in [2.05, 4.69) is 35.1 Å². The van der Waals surface area contributed by atoms with Gasteiger partial charge in [0.2, 0.25) is 0 Å². The molecular formula is C13H15BrClNO. The van der Waals surface area contributed by atoms with Crippen molar-refractivity contribution < 1.29 is 4.79 Å². The second-order valence-corrected chi connectivity index (χ2v) is 6.28. The van der Waals surface area contributed by atoms with Gasteiger partial charge in [-0.15, -0.1) is 0 Å². The molecule has 0 spiro atoms. The minimum absolute atomic E-state index is 0.104. The SMILES string of the molecule is CC(C)(NC(=O)c1cccc(Br)c1Cl)C1CC1. The van der Waals surface area contributed by atoms with Crippen LogP contribution in [0, 0.1) is 5.92 Å². The molecule has 0 aromatic heterocycles. The van der Waals surface area contributed by atoms with E-state index in [1.165, 1.54) is 12.8 Å². The third-order valence-corrected chi connectivity index (χ3v) is 4.53. The quantitative estimate of drug-likeness (QED) is 0.896. The van der Waals surface area contributed by atoms with Gasteiger partial charge < -0.3 is 5.32 Å². The second kappa shape index (κ2) is 4.62. The first-order valence-corrected chi connectivity index (χ1v) is 6.85. The number of rotatable bonds is 3. The molecule has 0 bridgehead atoms. The third kappa shape index (κ3) is 2.83. The highest BCUT2D eigenvalue weighted by Gasteiger charge is 2.39. The molecular weight excluding hydrogens is 302 g/mol. The Labute approximate surface area is 115 Å². The topological polar surface area (TPSA) is 29.1 Å². The molecule has 1 fully saturated rings. The van der Waals surface area contributed by atoms with Gasteiger partial charge in [0.25, 0.3) is 5.91 Å². The molecule has 1 N–H and O–H groups in total. The van der Waals surface area contributed by atoms with Crippen LogP contribution in [-0.4, -0.2) is 11.4 Å². The predicted molar refractivity (Wildman–Crippen MR) is 73.4 cm³/mol. The fourth-order valence-corrected chi connectivity index (χ4v) is 2.52. The van der Waals surface area contributed by atoms with Crippen LogP contribution >= 0.6 is 27.5 Å². The first-order valence-electron chi connectivity index (χ1n) is 5.68. The Morgan fingerprint density at radius 1 is 1.47 bits per heavy atom. The van der Waals surface area contributed by atoms with Crippen LogP contribution in [0.15, 0.2) is 22.7 Å². The molecule has 0 saturated heterocycles. The standard InChI is InChI=1S/C13H15BrClNO/c1-13(2,8-6-7-8)16-12(17)9-4-3-5-10(14)11(9)15/h3-5,8H,6-7H2,1-2H3,(H,16,17). The van der Waals surface area contributed by atoms with Gasteiger partial charge >= 0.3 is 0 Å². The summed E-state index contributed by atoms with van der Waals surface area (Å²) in [5.41, 5.74) is 0.373. The fraction of sp³-hybridized carbons (Fsp3) is 0.462. The van der Waals surface area contributed by atoms with Crippen molar-refractivity contribution in [3.05, 3.63) is 33.3 Å². The van der Waals surface area contributed by atoms with Crippen molar-refractivity contribution in [1.29, 1.82) is 0 Å². The van der Waals surface area contributed by atoms with Crippen LogP contribution in [0.25, 0.3) is 0 Å². The highest BCUT2D eigenvalue weighted by molar-refractivity contribution is 9.10. The van der Waals surface area contributed by atoms with Crippen LogP contribution in [-0.2, 0) is 0 Å². The maximum atomic E-state index is 12.1. The summed E-state index contributed by atoms with van der Waals surface area (Å²) in [5.74, 6) is 0.491. The van der Waals surface area contributed by atoms with Crippen LogP contribution in [0.4, 0.5) is 0 Å². The lowest BCUT2D eigenvalue weighted by atomic mass is 9.98. The van der Waals surface area contributed by atoms with Crippen molar-refractivity contribution in [3.63, 3.8) is 0 Å². The number of amides is 1. The first-order chi connectivity index (χ1) is 7.92. The van der Waals surface area contributed by atoms with E-state index in [0.29, 0.717) is 16.5 Å². The second-order valence-electron chi connectivity index (χ2n) is 5.05. The molecule has 2 nitrogen and oxygen atoms in total. The van der Waals surface area contributed by atoms with E-state index in [-0.39, 0.29) is 11.4 Å². The third-order valence-electron chi connectivity index (χ3n) is 3.23. The number of hydrogen-bond donors (Lipinski definition) is 1. The molecule has 0 heterocycles. The molecule has 0 aliphatic heterocycles. The Balaban J connectivity index is 2.17. The molecule has 1 aromatic carbocycles. The van der Waals surface area contributed by atoms with Crippen molar-refractivity contribution in [1.82, 2.24) is 5.32 Å². The van der Waals surface area contributed by atoms with Gasteiger partial charge in [-0.05, 0) is 60.7 Å². The first kappa shape index (κ1) is 12.9. The molecule has 1 aliphatic rings. The van der Waals surface area contributed by atoms with E-state index < -0.39 is 0 Å². The highest BCUT2D eigenvalue weighted by atomic mass is 79.9. The Bertz CT molecular complexity index is 455. The molecule has 92 valence electrons. The van der Waals surface area contributed by atoms with Crippen molar-refractivity contribution in [2.75, 3.05) is 0 Å². The van der Waals surface area contributed by atoms with Crippen LogP contribution < -0.4 is 5.32 Å². The van der Waals surface area contributed by atoms with E-state index in [0.717, 1.165) is 4.47 Å². The van der Waals surface area contributed by atoms with Gasteiger partial charge in [0.05, 0.1) is 10.6 Å². The summed E-state index contributed by atoms with van der Waals surface area (Å²) in [5, 5.41) is 3.53. The van der Waals surface area contributed by atoms with Crippen molar-refractivity contribution >= 4 is 33.4 Å². The summed E-state index contributed by atoms with van der Waals surface area (Å²) in [6.45, 7) is 4.13. The van der Waals surface area contributed by atoms with E-state index in [1.807, 2.05) is 12.1 Å². The van der Waals surface area contributed by atoms with Gasteiger partial charge in [0, 0.05) is 10.0 Å². The minimum atomic E-state index is -0.150. The van der Waals surface area contributed by atoms with Gasteiger partial charge in [-0.25, -0.2) is 0 Å². The maximum Gasteiger partial charge on any atom is 0.253 e. The fourth-order valence-electron chi connectivity index (χ4n) is 1.95.